The number of aromatic nitrogens is 2. The summed E-state index contributed by atoms with van der Waals surface area (Å²) in [7, 11) is 1.35. The number of ether oxygens (including phenoxy) is 2. The number of nitrogens with zero attached hydrogens (tertiary/aromatic N) is 3. The second-order valence-electron chi connectivity index (χ2n) is 11.6. The number of anilines is 1. The van der Waals surface area contributed by atoms with Crippen LogP contribution < -0.4 is 15.5 Å². The predicted molar refractivity (Wildman–Crippen MR) is 129 cm³/mol. The quantitative estimate of drug-likeness (QED) is 0.536. The van der Waals surface area contributed by atoms with Crippen molar-refractivity contribution in [2.45, 2.75) is 76.1 Å². The highest BCUT2D eigenvalue weighted by molar-refractivity contribution is 5.99. The number of hydrogen-bond acceptors (Lipinski definition) is 7. The van der Waals surface area contributed by atoms with Crippen molar-refractivity contribution in [3.8, 4) is 0 Å². The van der Waals surface area contributed by atoms with Gasteiger partial charge in [0.15, 0.2) is 0 Å². The number of rotatable bonds is 7. The molecule has 2 amide bonds. The number of nitrogens with one attached hydrogen (secondary N) is 2. The topological polar surface area (TPSA) is 118 Å². The average molecular weight is 490 g/mol. The molecule has 5 fully saturated rings. The van der Waals surface area contributed by atoms with E-state index in [4.69, 9.17) is 9.47 Å². The predicted octanol–water partition coefficient (Wildman–Crippen LogP) is 1.91. The Morgan fingerprint density at radius 3 is 2.54 bits per heavy atom. The molecule has 0 aromatic carbocycles. The molecule has 194 valence electrons. The second-order valence-corrected chi connectivity index (χ2v) is 11.6. The summed E-state index contributed by atoms with van der Waals surface area (Å²) < 4.78 is 12.2. The molecule has 4 aliphatic carbocycles. The summed E-state index contributed by atoms with van der Waals surface area (Å²) in [4.78, 5) is 27.5. The lowest BCUT2D eigenvalue weighted by Gasteiger charge is -2.58. The molecule has 10 nitrogen and oxygen atoms in total. The number of morpholine rings is 1. The molecule has 10 heteroatoms. The van der Waals surface area contributed by atoms with Crippen LogP contribution in [0.2, 0.25) is 0 Å². The Morgan fingerprint density at radius 1 is 1.23 bits per heavy atom. The molecule has 6 rings (SSSR count). The Morgan fingerprint density at radius 2 is 1.91 bits per heavy atom. The summed E-state index contributed by atoms with van der Waals surface area (Å²) in [5.74, 6) is 2.01. The number of amides is 2. The van der Waals surface area contributed by atoms with Gasteiger partial charge in [-0.15, -0.1) is 0 Å². The third kappa shape index (κ3) is 5.00. The van der Waals surface area contributed by atoms with Crippen molar-refractivity contribution in [1.82, 2.24) is 20.4 Å². The van der Waals surface area contributed by atoms with E-state index in [2.05, 4.69) is 20.6 Å². The van der Waals surface area contributed by atoms with Crippen LogP contribution in [-0.2, 0) is 16.0 Å². The van der Waals surface area contributed by atoms with Gasteiger partial charge in [0.05, 0.1) is 32.1 Å². The van der Waals surface area contributed by atoms with Crippen LogP contribution in [0.5, 0.6) is 0 Å². The van der Waals surface area contributed by atoms with Gasteiger partial charge in [0.25, 0.3) is 5.91 Å². The van der Waals surface area contributed by atoms with E-state index < -0.39 is 17.2 Å². The van der Waals surface area contributed by atoms with Crippen molar-refractivity contribution in [3.63, 3.8) is 0 Å². The van der Waals surface area contributed by atoms with E-state index in [1.54, 1.807) is 6.20 Å². The van der Waals surface area contributed by atoms with E-state index >= 15 is 0 Å². The molecule has 2 heterocycles. The van der Waals surface area contributed by atoms with Crippen molar-refractivity contribution in [1.29, 1.82) is 0 Å². The molecule has 1 saturated heterocycles. The van der Waals surface area contributed by atoms with E-state index in [0.717, 1.165) is 37.9 Å². The molecule has 5 aliphatic rings. The zero-order valence-corrected chi connectivity index (χ0v) is 21.1. The number of hydrogen-bond donors (Lipinski definition) is 3. The zero-order chi connectivity index (χ0) is 24.8. The molecule has 1 aromatic rings. The fourth-order valence-electron chi connectivity index (χ4n) is 7.03. The fourth-order valence-corrected chi connectivity index (χ4v) is 7.03. The van der Waals surface area contributed by atoms with E-state index in [-0.39, 0.29) is 11.9 Å². The van der Waals surface area contributed by atoms with Crippen LogP contribution in [0.3, 0.4) is 0 Å². The van der Waals surface area contributed by atoms with E-state index in [9.17, 15) is 14.7 Å². The summed E-state index contributed by atoms with van der Waals surface area (Å²) in [6.07, 6.45) is 6.54. The number of carbonyl (C=O) groups is 2. The maximum Gasteiger partial charge on any atom is 0.407 e. The summed E-state index contributed by atoms with van der Waals surface area (Å²) in [5, 5.41) is 21.7. The van der Waals surface area contributed by atoms with Gasteiger partial charge in [-0.25, -0.2) is 9.48 Å². The first-order valence-corrected chi connectivity index (χ1v) is 12.9. The Balaban J connectivity index is 1.33. The van der Waals surface area contributed by atoms with E-state index in [1.165, 1.54) is 7.11 Å². The molecule has 4 bridgehead atoms. The molecule has 4 saturated carbocycles. The van der Waals surface area contributed by atoms with Gasteiger partial charge in [0.1, 0.15) is 11.4 Å². The van der Waals surface area contributed by atoms with Gasteiger partial charge in [-0.3, -0.25) is 4.79 Å². The Hall–Kier alpha value is -2.33. The molecule has 3 N–H and O–H groups in total. The second kappa shape index (κ2) is 9.28. The third-order valence-electron chi connectivity index (χ3n) is 8.48. The monoisotopic (exact) mass is 489 g/mol. The van der Waals surface area contributed by atoms with Crippen LogP contribution in [-0.4, -0.2) is 77.5 Å². The van der Waals surface area contributed by atoms with Crippen LogP contribution in [0, 0.1) is 17.8 Å². The Kier molecular flexibility index (Phi) is 6.46. The highest BCUT2D eigenvalue weighted by Crippen LogP contribution is 2.55. The number of aliphatic hydroxyl groups is 1. The standard InChI is InChI=1S/C25H39N5O5/c1-24(2,28-23(32)34-3)4-5-30-22(29-6-8-35-9-7-29)19(15-26-30)21(31)27-20-17-10-16-11-18(20)14-25(33,12-16)13-17/h15-18,20,33H,4-14H2,1-3H3,(H,27,31)(H,28,32). The lowest BCUT2D eigenvalue weighted by molar-refractivity contribution is -0.136. The number of carbonyl (C=O) groups excluding carboxylic acids is 2. The number of aryl methyl sites for hydroxylation is 1. The zero-order valence-electron chi connectivity index (χ0n) is 21.1. The van der Waals surface area contributed by atoms with Crippen molar-refractivity contribution in [2.75, 3.05) is 38.3 Å². The van der Waals surface area contributed by atoms with Crippen molar-refractivity contribution in [2.24, 2.45) is 17.8 Å². The molecule has 0 spiro atoms. The molecular weight excluding hydrogens is 450 g/mol. The molecule has 2 atom stereocenters. The molecule has 1 aliphatic heterocycles. The highest BCUT2D eigenvalue weighted by atomic mass is 16.5. The average Bonchev–Trinajstić information content (AvgIpc) is 3.23. The van der Waals surface area contributed by atoms with E-state index in [1.807, 2.05) is 18.5 Å². The Labute approximate surface area is 206 Å². The first-order valence-electron chi connectivity index (χ1n) is 12.9. The summed E-state index contributed by atoms with van der Waals surface area (Å²) in [6, 6.07) is 0.114. The van der Waals surface area contributed by atoms with Gasteiger partial charge in [-0.05, 0) is 70.1 Å². The molecule has 35 heavy (non-hydrogen) atoms. The van der Waals surface area contributed by atoms with Gasteiger partial charge in [-0.2, -0.15) is 5.10 Å². The molecular formula is C25H39N5O5. The van der Waals surface area contributed by atoms with E-state index in [0.29, 0.717) is 62.6 Å². The fraction of sp³-hybridized carbons (Fsp3) is 0.800. The highest BCUT2D eigenvalue weighted by Gasteiger charge is 2.55. The van der Waals surface area contributed by atoms with Gasteiger partial charge < -0.3 is 30.1 Å². The smallest absolute Gasteiger partial charge is 0.407 e. The van der Waals surface area contributed by atoms with Gasteiger partial charge in [0.2, 0.25) is 0 Å². The van der Waals surface area contributed by atoms with Crippen molar-refractivity contribution < 1.29 is 24.2 Å². The van der Waals surface area contributed by atoms with Gasteiger partial charge >= 0.3 is 6.09 Å². The van der Waals surface area contributed by atoms with Crippen LogP contribution in [0.25, 0.3) is 0 Å². The lowest BCUT2D eigenvalue weighted by atomic mass is 9.52. The van der Waals surface area contributed by atoms with Crippen LogP contribution in [0.15, 0.2) is 6.20 Å². The normalized spacial score (nSPS) is 31.9. The molecule has 1 aromatic heterocycles. The SMILES string of the molecule is COC(=O)NC(C)(C)CCn1ncc(C(=O)NC2C3CC4CC2CC(O)(C4)C3)c1N1CCOCC1. The maximum absolute atomic E-state index is 13.6. The first-order chi connectivity index (χ1) is 16.7. The van der Waals surface area contributed by atoms with Crippen molar-refractivity contribution in [3.05, 3.63) is 11.8 Å². The molecule has 0 radical (unpaired) electrons. The lowest BCUT2D eigenvalue weighted by Crippen LogP contribution is -2.61. The summed E-state index contributed by atoms with van der Waals surface area (Å²) in [6.45, 7) is 7.02. The number of alkyl carbamates (subject to hydrolysis) is 1. The van der Waals surface area contributed by atoms with Crippen LogP contribution >= 0.6 is 0 Å². The maximum atomic E-state index is 13.6. The largest absolute Gasteiger partial charge is 0.453 e. The van der Waals surface area contributed by atoms with Gasteiger partial charge in [0, 0.05) is 31.2 Å². The van der Waals surface area contributed by atoms with Crippen LogP contribution in [0.1, 0.15) is 62.7 Å². The minimum atomic E-state index is -0.521. The number of methoxy groups -OCH3 is 1. The summed E-state index contributed by atoms with van der Waals surface area (Å²) >= 11 is 0. The minimum absolute atomic E-state index is 0.0887. The molecule has 2 unspecified atom stereocenters. The van der Waals surface area contributed by atoms with Crippen LogP contribution in [0.4, 0.5) is 10.6 Å². The Bertz CT molecular complexity index is 940. The van der Waals surface area contributed by atoms with Gasteiger partial charge in [-0.1, -0.05) is 0 Å². The van der Waals surface area contributed by atoms with Crippen molar-refractivity contribution >= 4 is 17.8 Å². The summed E-state index contributed by atoms with van der Waals surface area (Å²) in [5.41, 5.74) is -0.435. The minimum Gasteiger partial charge on any atom is -0.453 e. The third-order valence-corrected chi connectivity index (χ3v) is 8.48. The first kappa shape index (κ1) is 24.4.